The minimum absolute atomic E-state index is 0.0405. The third-order valence-corrected chi connectivity index (χ3v) is 4.45. The minimum atomic E-state index is -1.60. The van der Waals surface area contributed by atoms with Gasteiger partial charge in [-0.25, -0.2) is 19.3 Å². The summed E-state index contributed by atoms with van der Waals surface area (Å²) in [7, 11) is 0. The summed E-state index contributed by atoms with van der Waals surface area (Å²) in [6.45, 7) is 2.16. The summed E-state index contributed by atoms with van der Waals surface area (Å²) >= 11 is 0. The lowest BCUT2D eigenvalue weighted by Crippen LogP contribution is -2.20. The first-order valence-electron chi connectivity index (χ1n) is 8.71. The van der Waals surface area contributed by atoms with Crippen LogP contribution in [0.15, 0.2) is 36.9 Å². The van der Waals surface area contributed by atoms with Crippen molar-refractivity contribution in [2.75, 3.05) is 6.61 Å². The van der Waals surface area contributed by atoms with Crippen LogP contribution in [0.2, 0.25) is 0 Å². The number of fused-ring (bicyclic) bond motifs is 3. The number of carbonyl (C=O) groups is 1. The first kappa shape index (κ1) is 18.6. The molecule has 8 nitrogen and oxygen atoms in total. The fourth-order valence-electron chi connectivity index (χ4n) is 2.95. The average Bonchev–Trinajstić information content (AvgIpc) is 3.05. The predicted molar refractivity (Wildman–Crippen MR) is 100 cm³/mol. The molecule has 0 spiro atoms. The zero-order valence-electron chi connectivity index (χ0n) is 15.4. The van der Waals surface area contributed by atoms with Gasteiger partial charge in [0, 0.05) is 18.5 Å². The lowest BCUT2D eigenvalue weighted by molar-refractivity contribution is 0.0995. The standard InChI is InChI=1S/C20H16FN5O3/c1-20(28,17-3-5-23-11-24-17)4-2-12-8-13-16(9-14(12)21)29-7-6-26-10-15(18(22)27)25-19(13)26/h3,5,8-11,28H,6-7H2,1H3,(H2,22,27). The fourth-order valence-corrected chi connectivity index (χ4v) is 2.95. The minimum Gasteiger partial charge on any atom is -0.491 e. The van der Waals surface area contributed by atoms with Crippen LogP contribution in [0.4, 0.5) is 4.39 Å². The Hall–Kier alpha value is -3.77. The van der Waals surface area contributed by atoms with Gasteiger partial charge in [-0.2, -0.15) is 0 Å². The molecular weight excluding hydrogens is 377 g/mol. The van der Waals surface area contributed by atoms with Crippen molar-refractivity contribution in [3.8, 4) is 29.0 Å². The molecule has 0 radical (unpaired) electrons. The van der Waals surface area contributed by atoms with Crippen LogP contribution in [0.1, 0.15) is 28.7 Å². The first-order chi connectivity index (χ1) is 13.8. The van der Waals surface area contributed by atoms with E-state index in [2.05, 4.69) is 26.8 Å². The Morgan fingerprint density at radius 2 is 2.28 bits per heavy atom. The number of rotatable bonds is 2. The van der Waals surface area contributed by atoms with Gasteiger partial charge in [-0.05, 0) is 19.1 Å². The maximum atomic E-state index is 14.6. The molecule has 1 aliphatic rings. The summed E-state index contributed by atoms with van der Waals surface area (Å²) in [6.07, 6.45) is 4.31. The highest BCUT2D eigenvalue weighted by Gasteiger charge is 2.24. The van der Waals surface area contributed by atoms with Crippen molar-refractivity contribution >= 4 is 5.91 Å². The van der Waals surface area contributed by atoms with Gasteiger partial charge in [-0.3, -0.25) is 4.79 Å². The number of ether oxygens (including phenoxy) is 1. The van der Waals surface area contributed by atoms with Gasteiger partial charge in [0.05, 0.1) is 23.4 Å². The number of carbonyl (C=O) groups excluding carboxylic acids is 1. The number of aromatic nitrogens is 4. The van der Waals surface area contributed by atoms with Crippen molar-refractivity contribution in [1.29, 1.82) is 0 Å². The predicted octanol–water partition coefficient (Wildman–Crippen LogP) is 1.23. The van der Waals surface area contributed by atoms with E-state index in [0.717, 1.165) is 0 Å². The molecule has 29 heavy (non-hydrogen) atoms. The van der Waals surface area contributed by atoms with Gasteiger partial charge in [0.2, 0.25) is 0 Å². The van der Waals surface area contributed by atoms with Crippen molar-refractivity contribution in [1.82, 2.24) is 19.5 Å². The van der Waals surface area contributed by atoms with Crippen LogP contribution in [-0.2, 0) is 12.1 Å². The number of nitrogens with zero attached hydrogens (tertiary/aromatic N) is 4. The molecule has 1 unspecified atom stereocenters. The molecule has 0 saturated heterocycles. The molecule has 1 amide bonds. The molecule has 1 aromatic carbocycles. The number of hydrogen-bond acceptors (Lipinski definition) is 6. The van der Waals surface area contributed by atoms with Crippen molar-refractivity contribution in [3.63, 3.8) is 0 Å². The Kier molecular flexibility index (Phi) is 4.48. The molecule has 1 atom stereocenters. The Balaban J connectivity index is 1.79. The first-order valence-corrected chi connectivity index (χ1v) is 8.71. The quantitative estimate of drug-likeness (QED) is 0.633. The third kappa shape index (κ3) is 3.53. The molecule has 0 aliphatic carbocycles. The second kappa shape index (κ2) is 7.00. The Morgan fingerprint density at radius 1 is 1.45 bits per heavy atom. The number of aliphatic hydroxyl groups is 1. The molecule has 4 rings (SSSR count). The molecule has 0 saturated carbocycles. The fraction of sp³-hybridized carbons (Fsp3) is 0.200. The Bertz CT molecular complexity index is 1160. The monoisotopic (exact) mass is 393 g/mol. The van der Waals surface area contributed by atoms with Crippen molar-refractivity contribution in [3.05, 3.63) is 59.7 Å². The number of hydrogen-bond donors (Lipinski definition) is 2. The highest BCUT2D eigenvalue weighted by atomic mass is 19.1. The summed E-state index contributed by atoms with van der Waals surface area (Å²) in [5.41, 5.74) is 4.64. The van der Waals surface area contributed by atoms with Gasteiger partial charge < -0.3 is 20.1 Å². The van der Waals surface area contributed by atoms with Crippen molar-refractivity contribution in [2.24, 2.45) is 5.73 Å². The summed E-state index contributed by atoms with van der Waals surface area (Å²) in [4.78, 5) is 23.5. The zero-order valence-corrected chi connectivity index (χ0v) is 15.4. The molecule has 3 heterocycles. The van der Waals surface area contributed by atoms with Gasteiger partial charge in [0.25, 0.3) is 5.91 Å². The molecule has 1 aliphatic heterocycles. The maximum absolute atomic E-state index is 14.6. The van der Waals surface area contributed by atoms with E-state index in [1.54, 1.807) is 4.57 Å². The van der Waals surface area contributed by atoms with Crippen LogP contribution >= 0.6 is 0 Å². The molecule has 9 heteroatoms. The summed E-state index contributed by atoms with van der Waals surface area (Å²) in [5.74, 6) is 4.75. The van der Waals surface area contributed by atoms with E-state index in [9.17, 15) is 14.3 Å². The molecule has 3 aromatic rings. The lowest BCUT2D eigenvalue weighted by atomic mass is 10.0. The highest BCUT2D eigenvalue weighted by Crippen LogP contribution is 2.34. The van der Waals surface area contributed by atoms with Crippen molar-refractivity contribution < 1.29 is 19.0 Å². The number of nitrogens with two attached hydrogens (primary N) is 1. The number of amides is 1. The van der Waals surface area contributed by atoms with Gasteiger partial charge in [-0.15, -0.1) is 0 Å². The molecule has 3 N–H and O–H groups in total. The van der Waals surface area contributed by atoms with E-state index in [1.807, 2.05) is 0 Å². The summed E-state index contributed by atoms with van der Waals surface area (Å²) in [5, 5.41) is 10.6. The van der Waals surface area contributed by atoms with Gasteiger partial charge in [0.1, 0.15) is 36.0 Å². The van der Waals surface area contributed by atoms with E-state index in [1.165, 1.54) is 43.8 Å². The smallest absolute Gasteiger partial charge is 0.268 e. The topological polar surface area (TPSA) is 116 Å². The van der Waals surface area contributed by atoms with E-state index >= 15 is 0 Å². The van der Waals surface area contributed by atoms with Crippen LogP contribution in [0.3, 0.4) is 0 Å². The van der Waals surface area contributed by atoms with E-state index in [-0.39, 0.29) is 23.6 Å². The normalized spacial score (nSPS) is 14.3. The zero-order chi connectivity index (χ0) is 20.6. The lowest BCUT2D eigenvalue weighted by Gasteiger charge is -2.14. The second-order valence-electron chi connectivity index (χ2n) is 6.60. The molecule has 0 bridgehead atoms. The van der Waals surface area contributed by atoms with Gasteiger partial charge in [-0.1, -0.05) is 11.8 Å². The van der Waals surface area contributed by atoms with Gasteiger partial charge >= 0.3 is 0 Å². The second-order valence-corrected chi connectivity index (χ2v) is 6.60. The van der Waals surface area contributed by atoms with Gasteiger partial charge in [0.15, 0.2) is 5.60 Å². The molecular formula is C20H16FN5O3. The van der Waals surface area contributed by atoms with Crippen LogP contribution in [0.25, 0.3) is 11.4 Å². The van der Waals surface area contributed by atoms with Crippen LogP contribution in [0.5, 0.6) is 5.75 Å². The van der Waals surface area contributed by atoms with Crippen molar-refractivity contribution in [2.45, 2.75) is 19.1 Å². The number of primary amides is 1. The molecule has 146 valence electrons. The molecule has 2 aromatic heterocycles. The van der Waals surface area contributed by atoms with E-state index < -0.39 is 17.3 Å². The highest BCUT2D eigenvalue weighted by molar-refractivity contribution is 5.91. The summed E-state index contributed by atoms with van der Waals surface area (Å²) in [6, 6.07) is 4.22. The average molecular weight is 393 g/mol. The SMILES string of the molecule is CC(O)(C#Cc1cc2c(cc1F)OCCn1cc(C(N)=O)nc1-2)c1ccncn1. The largest absolute Gasteiger partial charge is 0.491 e. The van der Waals surface area contributed by atoms with Crippen LogP contribution in [-0.4, -0.2) is 37.1 Å². The maximum Gasteiger partial charge on any atom is 0.268 e. The van der Waals surface area contributed by atoms with Crippen LogP contribution in [0, 0.1) is 17.7 Å². The Morgan fingerprint density at radius 3 is 3.00 bits per heavy atom. The number of imidazole rings is 1. The number of halogens is 1. The van der Waals surface area contributed by atoms with Crippen LogP contribution < -0.4 is 10.5 Å². The molecule has 0 fully saturated rings. The van der Waals surface area contributed by atoms with E-state index in [0.29, 0.717) is 23.6 Å². The number of benzene rings is 1. The van der Waals surface area contributed by atoms with E-state index in [4.69, 9.17) is 10.5 Å². The third-order valence-electron chi connectivity index (χ3n) is 4.45. The Labute approximate surface area is 165 Å². The summed E-state index contributed by atoms with van der Waals surface area (Å²) < 4.78 is 21.9.